The fourth-order valence-corrected chi connectivity index (χ4v) is 1.81. The van der Waals surface area contributed by atoms with E-state index in [-0.39, 0.29) is 12.2 Å². The highest BCUT2D eigenvalue weighted by Crippen LogP contribution is 2.28. The Balaban J connectivity index is 2.19. The first-order valence-corrected chi connectivity index (χ1v) is 7.63. The summed E-state index contributed by atoms with van der Waals surface area (Å²) in [5.74, 6) is 0. The van der Waals surface area contributed by atoms with Crippen LogP contribution < -0.4 is 5.32 Å². The first kappa shape index (κ1) is 19.4. The Hall–Kier alpha value is -2.91. The zero-order chi connectivity index (χ0) is 19.4. The smallest absolute Gasteiger partial charge is 0.435 e. The fourth-order valence-electron chi connectivity index (χ4n) is 1.81. The van der Waals surface area contributed by atoms with Crippen molar-refractivity contribution in [2.45, 2.75) is 39.1 Å². The van der Waals surface area contributed by atoms with E-state index in [0.717, 1.165) is 10.9 Å². The lowest BCUT2D eigenvalue weighted by atomic mass is 10.2. The molecule has 0 aliphatic heterocycles. The lowest BCUT2D eigenvalue weighted by Gasteiger charge is -2.19. The molecule has 0 aliphatic rings. The lowest BCUT2D eigenvalue weighted by Crippen LogP contribution is -2.32. The molecular formula is C16H18F3N5O2. The number of aromatic nitrogens is 3. The van der Waals surface area contributed by atoms with Crippen LogP contribution in [0, 0.1) is 0 Å². The second-order valence-electron chi connectivity index (χ2n) is 6.26. The van der Waals surface area contributed by atoms with Crippen LogP contribution in [0.2, 0.25) is 0 Å². The first-order valence-electron chi connectivity index (χ1n) is 7.63. The highest BCUT2D eigenvalue weighted by molar-refractivity contribution is 5.76. The van der Waals surface area contributed by atoms with Crippen molar-refractivity contribution < 1.29 is 22.7 Å². The van der Waals surface area contributed by atoms with Gasteiger partial charge in [0.1, 0.15) is 5.60 Å². The number of ether oxygens (including phenoxy) is 1. The predicted octanol–water partition coefficient (Wildman–Crippen LogP) is 3.20. The Morgan fingerprint density at radius 3 is 2.65 bits per heavy atom. The van der Waals surface area contributed by atoms with E-state index in [9.17, 15) is 18.0 Å². The number of rotatable bonds is 4. The highest BCUT2D eigenvalue weighted by Gasteiger charge is 2.35. The molecule has 1 N–H and O–H groups in total. The highest BCUT2D eigenvalue weighted by atomic mass is 19.4. The first-order chi connectivity index (χ1) is 12.0. The quantitative estimate of drug-likeness (QED) is 0.839. The zero-order valence-electron chi connectivity index (χ0n) is 14.4. The topological polar surface area (TPSA) is 81.4 Å². The molecule has 0 fully saturated rings. The normalized spacial score (nSPS) is 12.4. The van der Waals surface area contributed by atoms with Crippen molar-refractivity contribution in [2.75, 3.05) is 0 Å². The number of hydrogen-bond acceptors (Lipinski definition) is 5. The molecule has 0 saturated heterocycles. The Kier molecular flexibility index (Phi) is 5.63. The van der Waals surface area contributed by atoms with Gasteiger partial charge < -0.3 is 10.1 Å². The van der Waals surface area contributed by atoms with Gasteiger partial charge >= 0.3 is 12.3 Å². The van der Waals surface area contributed by atoms with Crippen molar-refractivity contribution in [3.8, 4) is 0 Å². The van der Waals surface area contributed by atoms with Gasteiger partial charge in [-0.25, -0.2) is 4.79 Å². The summed E-state index contributed by atoms with van der Waals surface area (Å²) < 4.78 is 43.8. The Morgan fingerprint density at radius 2 is 2.08 bits per heavy atom. The third-order valence-corrected chi connectivity index (χ3v) is 2.85. The maximum atomic E-state index is 12.9. The summed E-state index contributed by atoms with van der Waals surface area (Å²) >= 11 is 0. The molecule has 0 aliphatic carbocycles. The number of carbonyl (C=O) groups is 1. The second kappa shape index (κ2) is 7.54. The number of nitrogens with one attached hydrogen (secondary N) is 1. The molecule has 26 heavy (non-hydrogen) atoms. The van der Waals surface area contributed by atoms with Crippen LogP contribution in [0.25, 0.3) is 0 Å². The van der Waals surface area contributed by atoms with Crippen molar-refractivity contribution in [1.29, 1.82) is 0 Å². The standard InChI is InChI=1S/C16H18F3N5O2/c1-15(2,3)26-14(25)21-10-12-8-13(16(17,18)19)23-24(12)22-9-11-6-4-5-7-20-11/h4-9H,10H2,1-3H3,(H,21,25). The SMILES string of the molecule is CC(C)(C)OC(=O)NCc1cc(C(F)(F)F)nn1N=Cc1ccccn1. The summed E-state index contributed by atoms with van der Waals surface area (Å²) in [5.41, 5.74) is -1.35. The average Bonchev–Trinajstić information content (AvgIpc) is 2.94. The monoisotopic (exact) mass is 369 g/mol. The second-order valence-corrected chi connectivity index (χ2v) is 6.26. The number of nitrogens with zero attached hydrogens (tertiary/aromatic N) is 4. The van der Waals surface area contributed by atoms with E-state index < -0.39 is 23.6 Å². The number of alkyl carbamates (subject to hydrolysis) is 1. The number of carbonyl (C=O) groups excluding carboxylic acids is 1. The molecule has 2 heterocycles. The minimum absolute atomic E-state index is 0.0374. The largest absolute Gasteiger partial charge is 0.444 e. The summed E-state index contributed by atoms with van der Waals surface area (Å²) in [5, 5.41) is 9.69. The van der Waals surface area contributed by atoms with Gasteiger partial charge in [-0.3, -0.25) is 4.98 Å². The fraction of sp³-hybridized carbons (Fsp3) is 0.375. The Bertz CT molecular complexity index is 779. The van der Waals surface area contributed by atoms with Gasteiger partial charge in [0, 0.05) is 6.20 Å². The number of pyridine rings is 1. The minimum Gasteiger partial charge on any atom is -0.444 e. The molecule has 2 aromatic rings. The molecule has 140 valence electrons. The number of amides is 1. The Labute approximate surface area is 147 Å². The molecule has 0 aromatic carbocycles. The van der Waals surface area contributed by atoms with E-state index in [0.29, 0.717) is 5.69 Å². The van der Waals surface area contributed by atoms with Gasteiger partial charge in [-0.2, -0.15) is 23.1 Å². The van der Waals surface area contributed by atoms with Crippen LogP contribution in [-0.4, -0.2) is 32.8 Å². The summed E-state index contributed by atoms with van der Waals surface area (Å²) in [6, 6.07) is 5.86. The molecule has 0 saturated carbocycles. The molecule has 1 amide bonds. The lowest BCUT2D eigenvalue weighted by molar-refractivity contribution is -0.141. The molecule has 0 unspecified atom stereocenters. The van der Waals surface area contributed by atoms with E-state index >= 15 is 0 Å². The van der Waals surface area contributed by atoms with Crippen LogP contribution in [0.5, 0.6) is 0 Å². The third kappa shape index (κ3) is 5.87. The van der Waals surface area contributed by atoms with E-state index in [1.165, 1.54) is 12.4 Å². The van der Waals surface area contributed by atoms with Crippen LogP contribution in [-0.2, 0) is 17.5 Å². The summed E-state index contributed by atoms with van der Waals surface area (Å²) in [6.07, 6.45) is -2.60. The average molecular weight is 369 g/mol. The zero-order valence-corrected chi connectivity index (χ0v) is 14.4. The van der Waals surface area contributed by atoms with Crippen LogP contribution in [0.3, 0.4) is 0 Å². The van der Waals surface area contributed by atoms with Crippen LogP contribution in [0.4, 0.5) is 18.0 Å². The van der Waals surface area contributed by atoms with Crippen LogP contribution in [0.1, 0.15) is 37.9 Å². The van der Waals surface area contributed by atoms with Gasteiger partial charge in [-0.1, -0.05) is 6.07 Å². The van der Waals surface area contributed by atoms with Gasteiger partial charge in [0.25, 0.3) is 0 Å². The summed E-state index contributed by atoms with van der Waals surface area (Å²) in [6.45, 7) is 4.79. The predicted molar refractivity (Wildman–Crippen MR) is 87.5 cm³/mol. The van der Waals surface area contributed by atoms with Gasteiger partial charge in [-0.05, 0) is 39.0 Å². The third-order valence-electron chi connectivity index (χ3n) is 2.85. The van der Waals surface area contributed by atoms with Crippen molar-refractivity contribution >= 4 is 12.3 Å². The maximum Gasteiger partial charge on any atom is 0.435 e. The molecular weight excluding hydrogens is 351 g/mol. The summed E-state index contributed by atoms with van der Waals surface area (Å²) in [7, 11) is 0. The molecule has 0 spiro atoms. The number of alkyl halides is 3. The van der Waals surface area contributed by atoms with Crippen LogP contribution >= 0.6 is 0 Å². The van der Waals surface area contributed by atoms with E-state index in [2.05, 4.69) is 20.5 Å². The van der Waals surface area contributed by atoms with Crippen molar-refractivity contribution in [2.24, 2.45) is 5.10 Å². The molecule has 0 bridgehead atoms. The van der Waals surface area contributed by atoms with Crippen molar-refractivity contribution in [1.82, 2.24) is 20.2 Å². The number of halogens is 3. The molecule has 7 nitrogen and oxygen atoms in total. The number of hydrogen-bond donors (Lipinski definition) is 1. The molecule has 0 radical (unpaired) electrons. The molecule has 10 heteroatoms. The minimum atomic E-state index is -4.63. The molecule has 2 aromatic heterocycles. The van der Waals surface area contributed by atoms with Crippen molar-refractivity contribution in [3.63, 3.8) is 0 Å². The Morgan fingerprint density at radius 1 is 1.35 bits per heavy atom. The van der Waals surface area contributed by atoms with Crippen molar-refractivity contribution in [3.05, 3.63) is 47.5 Å². The van der Waals surface area contributed by atoms with Gasteiger partial charge in [0.05, 0.1) is 24.1 Å². The maximum absolute atomic E-state index is 12.9. The van der Waals surface area contributed by atoms with Gasteiger partial charge in [-0.15, -0.1) is 5.10 Å². The van der Waals surface area contributed by atoms with E-state index in [1.807, 2.05) is 0 Å². The molecule has 2 rings (SSSR count). The van der Waals surface area contributed by atoms with E-state index in [1.54, 1.807) is 39.0 Å². The van der Waals surface area contributed by atoms with E-state index in [4.69, 9.17) is 4.74 Å². The van der Waals surface area contributed by atoms with Gasteiger partial charge in [0.15, 0.2) is 5.69 Å². The van der Waals surface area contributed by atoms with Gasteiger partial charge in [0.2, 0.25) is 0 Å². The summed E-state index contributed by atoms with van der Waals surface area (Å²) in [4.78, 5) is 16.5. The molecule has 0 atom stereocenters. The van der Waals surface area contributed by atoms with Crippen LogP contribution in [0.15, 0.2) is 35.6 Å².